The fourth-order valence-corrected chi connectivity index (χ4v) is 0.970. The van der Waals surface area contributed by atoms with Crippen molar-refractivity contribution in [3.63, 3.8) is 0 Å². The monoisotopic (exact) mass is 140 g/mol. The van der Waals surface area contributed by atoms with E-state index in [1.54, 1.807) is 6.92 Å². The van der Waals surface area contributed by atoms with E-state index < -0.39 is 7.60 Å². The first kappa shape index (κ1) is 8.11. The first-order valence-corrected chi connectivity index (χ1v) is 4.03. The van der Waals surface area contributed by atoms with Crippen LogP contribution in [0.2, 0.25) is 0 Å². The molecule has 0 amide bonds. The normalized spacial score (nSPS) is 17.9. The van der Waals surface area contributed by atoms with Gasteiger partial charge in [-0.3, -0.25) is 4.57 Å². The van der Waals surface area contributed by atoms with Gasteiger partial charge in [-0.25, -0.2) is 5.26 Å². The Balaban J connectivity index is 3.55. The van der Waals surface area contributed by atoms with Crippen molar-refractivity contribution in [3.05, 3.63) is 0 Å². The van der Waals surface area contributed by atoms with Crippen molar-refractivity contribution in [2.75, 3.05) is 6.16 Å². The highest BCUT2D eigenvalue weighted by molar-refractivity contribution is 7.52. The van der Waals surface area contributed by atoms with E-state index in [9.17, 15) is 4.57 Å². The van der Waals surface area contributed by atoms with Crippen LogP contribution < -0.4 is 0 Å². The summed E-state index contributed by atoms with van der Waals surface area (Å²) in [5, 5.41) is 7.71. The molecule has 1 unspecified atom stereocenters. The van der Waals surface area contributed by atoms with Crippen LogP contribution in [0.3, 0.4) is 0 Å². The molecule has 0 bridgehead atoms. The second-order valence-electron chi connectivity index (χ2n) is 1.44. The van der Waals surface area contributed by atoms with Crippen molar-refractivity contribution in [3.8, 4) is 0 Å². The molecule has 0 heterocycles. The molecule has 0 rings (SSSR count). The Morgan fingerprint density at radius 3 is 2.38 bits per heavy atom. The van der Waals surface area contributed by atoms with Gasteiger partial charge in [0.25, 0.3) is 0 Å². The molecule has 0 radical (unpaired) electrons. The van der Waals surface area contributed by atoms with Crippen LogP contribution in [-0.2, 0) is 9.24 Å². The zero-order valence-electron chi connectivity index (χ0n) is 4.57. The van der Waals surface area contributed by atoms with Gasteiger partial charge in [-0.15, -0.1) is 0 Å². The van der Waals surface area contributed by atoms with Gasteiger partial charge < -0.3 is 4.89 Å². The number of rotatable bonds is 3. The van der Waals surface area contributed by atoms with Crippen LogP contribution in [-0.4, -0.2) is 16.3 Å². The largest absolute Gasteiger partial charge is 0.355 e. The minimum Gasteiger partial charge on any atom is -0.323 e. The molecule has 0 saturated heterocycles. The maximum absolute atomic E-state index is 10.3. The molecular formula is C3H9O4P. The average Bonchev–Trinajstić information content (AvgIpc) is 1.67. The summed E-state index contributed by atoms with van der Waals surface area (Å²) in [5.41, 5.74) is 0. The first-order chi connectivity index (χ1) is 3.62. The van der Waals surface area contributed by atoms with Crippen molar-refractivity contribution < 1.29 is 19.4 Å². The summed E-state index contributed by atoms with van der Waals surface area (Å²) in [7, 11) is -3.62. The maximum Gasteiger partial charge on any atom is 0.355 e. The quantitative estimate of drug-likeness (QED) is 0.349. The van der Waals surface area contributed by atoms with E-state index in [2.05, 4.69) is 4.67 Å². The average molecular weight is 140 g/mol. The van der Waals surface area contributed by atoms with Gasteiger partial charge in [-0.1, -0.05) is 6.92 Å². The first-order valence-electron chi connectivity index (χ1n) is 2.27. The summed E-state index contributed by atoms with van der Waals surface area (Å²) in [4.78, 5) is 8.41. The van der Waals surface area contributed by atoms with E-state index in [0.29, 0.717) is 6.42 Å². The summed E-state index contributed by atoms with van der Waals surface area (Å²) >= 11 is 0. The Morgan fingerprint density at radius 1 is 1.75 bits per heavy atom. The molecule has 0 aliphatic rings. The van der Waals surface area contributed by atoms with Crippen molar-refractivity contribution in [2.45, 2.75) is 13.3 Å². The SMILES string of the molecule is CCCP(=O)(O)OO. The van der Waals surface area contributed by atoms with Crippen LogP contribution >= 0.6 is 7.60 Å². The van der Waals surface area contributed by atoms with Gasteiger partial charge in [-0.05, 0) is 6.42 Å². The van der Waals surface area contributed by atoms with Crippen LogP contribution in [0.15, 0.2) is 0 Å². The predicted molar refractivity (Wildman–Crippen MR) is 28.7 cm³/mol. The van der Waals surface area contributed by atoms with E-state index in [0.717, 1.165) is 0 Å². The Kier molecular flexibility index (Phi) is 3.24. The summed E-state index contributed by atoms with van der Waals surface area (Å²) in [6, 6.07) is 0. The van der Waals surface area contributed by atoms with Crippen LogP contribution in [0.25, 0.3) is 0 Å². The molecule has 2 N–H and O–H groups in total. The molecule has 0 aromatic heterocycles. The minimum absolute atomic E-state index is 0.00347. The lowest BCUT2D eigenvalue weighted by Crippen LogP contribution is -1.88. The topological polar surface area (TPSA) is 66.8 Å². The second-order valence-corrected chi connectivity index (χ2v) is 3.33. The highest BCUT2D eigenvalue weighted by Crippen LogP contribution is 2.40. The molecule has 0 saturated carbocycles. The van der Waals surface area contributed by atoms with Gasteiger partial charge >= 0.3 is 7.60 Å². The fraction of sp³-hybridized carbons (Fsp3) is 1.00. The zero-order valence-corrected chi connectivity index (χ0v) is 5.47. The summed E-state index contributed by atoms with van der Waals surface area (Å²) in [6.45, 7) is 1.72. The van der Waals surface area contributed by atoms with Gasteiger partial charge in [-0.2, -0.15) is 4.67 Å². The van der Waals surface area contributed by atoms with Crippen molar-refractivity contribution >= 4 is 7.60 Å². The minimum atomic E-state index is -3.62. The number of hydrogen-bond acceptors (Lipinski definition) is 3. The van der Waals surface area contributed by atoms with Gasteiger partial charge in [0.2, 0.25) is 0 Å². The van der Waals surface area contributed by atoms with Gasteiger partial charge in [0, 0.05) is 0 Å². The zero-order chi connectivity index (χ0) is 6.62. The molecule has 1 atom stereocenters. The molecule has 0 spiro atoms. The van der Waals surface area contributed by atoms with E-state index in [1.165, 1.54) is 0 Å². The predicted octanol–water partition coefficient (Wildman–Crippen LogP) is 1.07. The van der Waals surface area contributed by atoms with Gasteiger partial charge in [0.1, 0.15) is 0 Å². The van der Waals surface area contributed by atoms with Crippen molar-refractivity contribution in [1.29, 1.82) is 0 Å². The maximum atomic E-state index is 10.3. The number of hydrogen-bond donors (Lipinski definition) is 2. The van der Waals surface area contributed by atoms with Crippen molar-refractivity contribution in [2.24, 2.45) is 0 Å². The summed E-state index contributed by atoms with van der Waals surface area (Å²) < 4.78 is 13.6. The molecule has 5 heteroatoms. The Hall–Kier alpha value is 0.110. The van der Waals surface area contributed by atoms with Crippen LogP contribution in [0, 0.1) is 0 Å². The highest BCUT2D eigenvalue weighted by Gasteiger charge is 2.15. The van der Waals surface area contributed by atoms with E-state index in [4.69, 9.17) is 10.2 Å². The lowest BCUT2D eigenvalue weighted by Gasteiger charge is -2.01. The molecule has 0 fully saturated rings. The summed E-state index contributed by atoms with van der Waals surface area (Å²) in [5.74, 6) is 0. The van der Waals surface area contributed by atoms with Crippen molar-refractivity contribution in [1.82, 2.24) is 0 Å². The standard InChI is InChI=1S/C3H9O4P/c1-2-3-8(5,6)7-4/h4H,2-3H2,1H3,(H,5,6). The Bertz CT molecular complexity index is 101. The second kappa shape index (κ2) is 3.20. The molecule has 0 aromatic rings. The molecule has 50 valence electrons. The Labute approximate surface area is 47.6 Å². The lowest BCUT2D eigenvalue weighted by atomic mass is 10.6. The Morgan fingerprint density at radius 2 is 2.25 bits per heavy atom. The fourth-order valence-electron chi connectivity index (χ4n) is 0.323. The van der Waals surface area contributed by atoms with Crippen LogP contribution in [0.4, 0.5) is 0 Å². The molecule has 0 aliphatic heterocycles. The summed E-state index contributed by atoms with van der Waals surface area (Å²) in [6.07, 6.45) is 0.526. The molecule has 8 heavy (non-hydrogen) atoms. The molecular weight excluding hydrogens is 131 g/mol. The molecule has 4 nitrogen and oxygen atoms in total. The smallest absolute Gasteiger partial charge is 0.323 e. The van der Waals surface area contributed by atoms with E-state index in [-0.39, 0.29) is 6.16 Å². The van der Waals surface area contributed by atoms with E-state index >= 15 is 0 Å². The highest BCUT2D eigenvalue weighted by atomic mass is 31.2. The van der Waals surface area contributed by atoms with Crippen LogP contribution in [0.1, 0.15) is 13.3 Å². The molecule has 0 aromatic carbocycles. The third-order valence-corrected chi connectivity index (χ3v) is 1.90. The lowest BCUT2D eigenvalue weighted by molar-refractivity contribution is -0.145. The van der Waals surface area contributed by atoms with Crippen LogP contribution in [0.5, 0.6) is 0 Å². The van der Waals surface area contributed by atoms with E-state index in [1.807, 2.05) is 0 Å². The molecule has 0 aliphatic carbocycles. The van der Waals surface area contributed by atoms with Gasteiger partial charge in [0.05, 0.1) is 6.16 Å². The third kappa shape index (κ3) is 3.16. The third-order valence-electron chi connectivity index (χ3n) is 0.634. The van der Waals surface area contributed by atoms with Gasteiger partial charge in [0.15, 0.2) is 0 Å².